The van der Waals surface area contributed by atoms with Crippen LogP contribution in [0.4, 0.5) is 10.5 Å². The van der Waals surface area contributed by atoms with Crippen LogP contribution in [0.5, 0.6) is 5.75 Å². The molecule has 11 nitrogen and oxygen atoms in total. The van der Waals surface area contributed by atoms with E-state index in [1.54, 1.807) is 47.4 Å². The molecular formula is C30H34N4O7. The minimum Gasteiger partial charge on any atom is -0.493 e. The number of rotatable bonds is 6. The van der Waals surface area contributed by atoms with E-state index in [1.165, 1.54) is 11.9 Å². The highest BCUT2D eigenvalue weighted by Gasteiger charge is 2.41. The minimum absolute atomic E-state index is 0.214. The Balaban J connectivity index is 1.12. The molecule has 3 aliphatic rings. The summed E-state index contributed by atoms with van der Waals surface area (Å²) in [6, 6.07) is 11.2. The highest BCUT2D eigenvalue weighted by molar-refractivity contribution is 6.07. The summed E-state index contributed by atoms with van der Waals surface area (Å²) >= 11 is 0. The number of hydrogen-bond acceptors (Lipinski definition) is 7. The highest BCUT2D eigenvalue weighted by Crippen LogP contribution is 2.31. The molecule has 2 saturated heterocycles. The van der Waals surface area contributed by atoms with Crippen molar-refractivity contribution in [1.82, 2.24) is 14.7 Å². The second kappa shape index (κ2) is 10.9. The summed E-state index contributed by atoms with van der Waals surface area (Å²) in [4.78, 5) is 66.6. The second-order valence-corrected chi connectivity index (χ2v) is 11.7. The Kier molecular flexibility index (Phi) is 7.46. The van der Waals surface area contributed by atoms with E-state index in [4.69, 9.17) is 9.47 Å². The molecule has 0 aromatic heterocycles. The van der Waals surface area contributed by atoms with Gasteiger partial charge in [-0.1, -0.05) is 0 Å². The number of likely N-dealkylation sites (N-methyl/N-ethyl adjacent to an activating group) is 1. The Labute approximate surface area is 238 Å². The second-order valence-electron chi connectivity index (χ2n) is 11.7. The lowest BCUT2D eigenvalue weighted by Crippen LogP contribution is -2.53. The van der Waals surface area contributed by atoms with Crippen LogP contribution >= 0.6 is 0 Å². The van der Waals surface area contributed by atoms with Crippen LogP contribution in [-0.2, 0) is 20.9 Å². The van der Waals surface area contributed by atoms with Gasteiger partial charge in [-0.3, -0.25) is 24.1 Å². The SMILES string of the molecule is CN1C(=O)CCC(N2Cc3cc(NC(=O)c4ccc(OCC5CN(C(=O)OC(C)(C)C)C5)cc4)ccc3C2=O)C1=O. The monoisotopic (exact) mass is 562 g/mol. The number of fused-ring (bicyclic) bond motifs is 1. The number of likely N-dealkylation sites (tertiary alicyclic amines) is 2. The van der Waals surface area contributed by atoms with Gasteiger partial charge in [0.1, 0.15) is 17.4 Å². The third-order valence-electron chi connectivity index (χ3n) is 7.40. The van der Waals surface area contributed by atoms with Crippen molar-refractivity contribution >= 4 is 35.4 Å². The lowest BCUT2D eigenvalue weighted by molar-refractivity contribution is -0.150. The maximum atomic E-state index is 13.0. The van der Waals surface area contributed by atoms with Crippen molar-refractivity contribution in [2.24, 2.45) is 5.92 Å². The number of amides is 5. The number of nitrogens with zero attached hydrogens (tertiary/aromatic N) is 3. The van der Waals surface area contributed by atoms with E-state index in [9.17, 15) is 24.0 Å². The number of benzene rings is 2. The fourth-order valence-corrected chi connectivity index (χ4v) is 5.13. The first-order valence-electron chi connectivity index (χ1n) is 13.7. The highest BCUT2D eigenvalue weighted by atomic mass is 16.6. The van der Waals surface area contributed by atoms with Gasteiger partial charge in [0, 0.05) is 55.8 Å². The van der Waals surface area contributed by atoms with Crippen molar-refractivity contribution in [1.29, 1.82) is 0 Å². The molecule has 11 heteroatoms. The summed E-state index contributed by atoms with van der Waals surface area (Å²) in [7, 11) is 1.44. The molecule has 5 rings (SSSR count). The summed E-state index contributed by atoms with van der Waals surface area (Å²) in [6.45, 7) is 7.35. The predicted octanol–water partition coefficient (Wildman–Crippen LogP) is 3.29. The molecule has 0 radical (unpaired) electrons. The Morgan fingerprint density at radius 2 is 1.73 bits per heavy atom. The molecule has 0 bridgehead atoms. The first kappa shape index (κ1) is 28.1. The third-order valence-corrected chi connectivity index (χ3v) is 7.40. The maximum Gasteiger partial charge on any atom is 0.410 e. The van der Waals surface area contributed by atoms with Gasteiger partial charge < -0.3 is 24.6 Å². The number of hydrogen-bond donors (Lipinski definition) is 1. The molecule has 3 aliphatic heterocycles. The Hall–Kier alpha value is -4.41. The first-order chi connectivity index (χ1) is 19.4. The van der Waals surface area contributed by atoms with E-state index < -0.39 is 11.6 Å². The smallest absolute Gasteiger partial charge is 0.410 e. The minimum atomic E-state index is -0.676. The van der Waals surface area contributed by atoms with E-state index >= 15 is 0 Å². The zero-order valence-corrected chi connectivity index (χ0v) is 23.6. The topological polar surface area (TPSA) is 126 Å². The van der Waals surface area contributed by atoms with E-state index in [0.29, 0.717) is 54.2 Å². The number of ether oxygens (including phenoxy) is 2. The fraction of sp³-hybridized carbons (Fsp3) is 0.433. The third kappa shape index (κ3) is 6.03. The maximum absolute atomic E-state index is 13.0. The molecule has 2 aromatic rings. The van der Waals surface area contributed by atoms with Crippen LogP contribution in [-0.4, -0.2) is 82.8 Å². The average Bonchev–Trinajstić information content (AvgIpc) is 3.21. The van der Waals surface area contributed by atoms with Gasteiger partial charge in [-0.15, -0.1) is 0 Å². The molecule has 2 aromatic carbocycles. The summed E-state index contributed by atoms with van der Waals surface area (Å²) in [5.74, 6) is -0.351. The van der Waals surface area contributed by atoms with Crippen LogP contribution in [0.1, 0.15) is 59.9 Å². The molecular weight excluding hydrogens is 528 g/mol. The predicted molar refractivity (Wildman–Crippen MR) is 148 cm³/mol. The van der Waals surface area contributed by atoms with Gasteiger partial charge in [-0.05, 0) is 75.2 Å². The first-order valence-corrected chi connectivity index (χ1v) is 13.7. The van der Waals surface area contributed by atoms with Gasteiger partial charge in [0.05, 0.1) is 6.61 Å². The van der Waals surface area contributed by atoms with Crippen molar-refractivity contribution in [3.8, 4) is 5.75 Å². The number of nitrogens with one attached hydrogen (secondary N) is 1. The normalized spacial score (nSPS) is 19.2. The summed E-state index contributed by atoms with van der Waals surface area (Å²) in [6.07, 6.45) is 0.197. The van der Waals surface area contributed by atoms with E-state index in [-0.39, 0.29) is 48.6 Å². The molecule has 1 N–H and O–H groups in total. The number of anilines is 1. The van der Waals surface area contributed by atoms with E-state index in [1.807, 2.05) is 20.8 Å². The number of imide groups is 1. The molecule has 216 valence electrons. The molecule has 1 atom stereocenters. The largest absolute Gasteiger partial charge is 0.493 e. The molecule has 0 spiro atoms. The van der Waals surface area contributed by atoms with E-state index in [2.05, 4.69) is 5.32 Å². The van der Waals surface area contributed by atoms with Crippen LogP contribution in [0.15, 0.2) is 42.5 Å². The lowest BCUT2D eigenvalue weighted by atomic mass is 10.0. The zero-order chi connectivity index (χ0) is 29.5. The van der Waals surface area contributed by atoms with Crippen molar-refractivity contribution < 1.29 is 33.4 Å². The van der Waals surface area contributed by atoms with Crippen LogP contribution in [0.2, 0.25) is 0 Å². The molecule has 0 saturated carbocycles. The Morgan fingerprint density at radius 3 is 2.41 bits per heavy atom. The lowest BCUT2D eigenvalue weighted by Gasteiger charge is -2.39. The van der Waals surface area contributed by atoms with E-state index in [0.717, 1.165) is 4.90 Å². The van der Waals surface area contributed by atoms with Gasteiger partial charge >= 0.3 is 6.09 Å². The number of carbonyl (C=O) groups is 5. The van der Waals surface area contributed by atoms with Gasteiger partial charge in [-0.25, -0.2) is 4.79 Å². The molecule has 5 amide bonds. The molecule has 2 fully saturated rings. The van der Waals surface area contributed by atoms with Gasteiger partial charge in [0.2, 0.25) is 5.91 Å². The van der Waals surface area contributed by atoms with Crippen molar-refractivity contribution in [2.45, 2.75) is 51.8 Å². The molecule has 1 unspecified atom stereocenters. The van der Waals surface area contributed by atoms with Crippen molar-refractivity contribution in [2.75, 3.05) is 32.1 Å². The molecule has 41 heavy (non-hydrogen) atoms. The Morgan fingerprint density at radius 1 is 1.02 bits per heavy atom. The summed E-state index contributed by atoms with van der Waals surface area (Å²) in [5, 5.41) is 2.86. The van der Waals surface area contributed by atoms with Gasteiger partial charge in [-0.2, -0.15) is 0 Å². The molecule has 3 heterocycles. The van der Waals surface area contributed by atoms with Gasteiger partial charge in [0.15, 0.2) is 0 Å². The van der Waals surface area contributed by atoms with Crippen molar-refractivity contribution in [3.63, 3.8) is 0 Å². The summed E-state index contributed by atoms with van der Waals surface area (Å²) in [5.41, 5.74) is 1.65. The Bertz CT molecular complexity index is 1390. The average molecular weight is 563 g/mol. The van der Waals surface area contributed by atoms with Crippen LogP contribution < -0.4 is 10.1 Å². The van der Waals surface area contributed by atoms with Gasteiger partial charge in [0.25, 0.3) is 17.7 Å². The number of piperidine rings is 1. The van der Waals surface area contributed by atoms with Crippen LogP contribution in [0.3, 0.4) is 0 Å². The zero-order valence-electron chi connectivity index (χ0n) is 23.6. The molecule has 0 aliphatic carbocycles. The fourth-order valence-electron chi connectivity index (χ4n) is 5.13. The number of carbonyl (C=O) groups excluding carboxylic acids is 5. The standard InChI is InChI=1S/C30H34N4O7/c1-30(2,3)41-29(39)33-14-18(15-33)17-40-22-8-5-19(6-9-22)26(36)31-21-7-10-23-20(13-21)16-34(27(23)37)24-11-12-25(35)32(4)28(24)38/h5-10,13,18,24H,11-12,14-17H2,1-4H3,(H,31,36). The quantitative estimate of drug-likeness (QED) is 0.536. The van der Waals surface area contributed by atoms with Crippen molar-refractivity contribution in [3.05, 3.63) is 59.2 Å². The summed E-state index contributed by atoms with van der Waals surface area (Å²) < 4.78 is 11.2. The van der Waals surface area contributed by atoms with Crippen LogP contribution in [0.25, 0.3) is 0 Å². The van der Waals surface area contributed by atoms with Crippen LogP contribution in [0, 0.1) is 5.92 Å².